The first kappa shape index (κ1) is 13.9. The van der Waals surface area contributed by atoms with Gasteiger partial charge in [0, 0.05) is 6.61 Å². The summed E-state index contributed by atoms with van der Waals surface area (Å²) in [6, 6.07) is 0. The Morgan fingerprint density at radius 3 is 1.93 bits per heavy atom. The van der Waals surface area contributed by atoms with Crippen LogP contribution in [0.1, 0.15) is 60.3 Å². The van der Waals surface area contributed by atoms with Crippen LogP contribution in [0.5, 0.6) is 0 Å². The van der Waals surface area contributed by atoms with Gasteiger partial charge in [0.1, 0.15) is 0 Å². The summed E-state index contributed by atoms with van der Waals surface area (Å²) in [6.45, 7) is 11.0. The Hall–Kier alpha value is -0.0800. The van der Waals surface area contributed by atoms with Gasteiger partial charge < -0.3 is 9.84 Å². The standard InChI is InChI=1S/C12H26O2/c1-6-12(13,7-2)9-8-10-14-11(3,4)5/h13H,6-10H2,1-5H3. The van der Waals surface area contributed by atoms with E-state index in [1.165, 1.54) is 0 Å². The smallest absolute Gasteiger partial charge is 0.0643 e. The largest absolute Gasteiger partial charge is 0.390 e. The average molecular weight is 202 g/mol. The third-order valence-corrected chi connectivity index (χ3v) is 2.64. The second-order valence-corrected chi connectivity index (χ2v) is 5.00. The molecule has 0 rings (SSSR count). The van der Waals surface area contributed by atoms with Crippen LogP contribution in [0.25, 0.3) is 0 Å². The van der Waals surface area contributed by atoms with E-state index in [0.717, 1.165) is 32.3 Å². The lowest BCUT2D eigenvalue weighted by molar-refractivity contribution is -0.0247. The Bertz CT molecular complexity index is 143. The van der Waals surface area contributed by atoms with Crippen LogP contribution in [-0.2, 0) is 4.74 Å². The van der Waals surface area contributed by atoms with Crippen molar-refractivity contribution in [1.82, 2.24) is 0 Å². The van der Waals surface area contributed by atoms with Gasteiger partial charge in [0.2, 0.25) is 0 Å². The molecule has 0 saturated carbocycles. The fourth-order valence-corrected chi connectivity index (χ4v) is 1.38. The maximum absolute atomic E-state index is 10.0. The fourth-order valence-electron chi connectivity index (χ4n) is 1.38. The lowest BCUT2D eigenvalue weighted by Crippen LogP contribution is -2.27. The van der Waals surface area contributed by atoms with E-state index >= 15 is 0 Å². The van der Waals surface area contributed by atoms with E-state index in [9.17, 15) is 5.11 Å². The molecule has 0 aliphatic heterocycles. The minimum atomic E-state index is -0.471. The van der Waals surface area contributed by atoms with Gasteiger partial charge >= 0.3 is 0 Å². The van der Waals surface area contributed by atoms with Crippen LogP contribution in [0.2, 0.25) is 0 Å². The van der Waals surface area contributed by atoms with Gasteiger partial charge in [-0.2, -0.15) is 0 Å². The summed E-state index contributed by atoms with van der Waals surface area (Å²) in [6.07, 6.45) is 3.45. The van der Waals surface area contributed by atoms with E-state index < -0.39 is 5.60 Å². The Balaban J connectivity index is 3.63. The Morgan fingerprint density at radius 1 is 1.07 bits per heavy atom. The summed E-state index contributed by atoms with van der Waals surface area (Å²) >= 11 is 0. The molecule has 0 bridgehead atoms. The zero-order valence-corrected chi connectivity index (χ0v) is 10.4. The van der Waals surface area contributed by atoms with Crippen molar-refractivity contribution in [3.05, 3.63) is 0 Å². The second kappa shape index (κ2) is 5.72. The number of rotatable bonds is 6. The van der Waals surface area contributed by atoms with Gasteiger partial charge in [0.05, 0.1) is 11.2 Å². The van der Waals surface area contributed by atoms with Crippen molar-refractivity contribution >= 4 is 0 Å². The van der Waals surface area contributed by atoms with Crippen molar-refractivity contribution in [3.8, 4) is 0 Å². The molecular weight excluding hydrogens is 176 g/mol. The SMILES string of the molecule is CCC(O)(CC)CCCOC(C)(C)C. The summed E-state index contributed by atoms with van der Waals surface area (Å²) in [5.74, 6) is 0. The Morgan fingerprint density at radius 2 is 1.57 bits per heavy atom. The monoisotopic (exact) mass is 202 g/mol. The quantitative estimate of drug-likeness (QED) is 0.670. The van der Waals surface area contributed by atoms with Crippen molar-refractivity contribution in [2.75, 3.05) is 6.61 Å². The molecule has 0 aliphatic carbocycles. The minimum Gasteiger partial charge on any atom is -0.390 e. The normalized spacial score (nSPS) is 13.3. The first-order valence-corrected chi connectivity index (χ1v) is 5.69. The maximum atomic E-state index is 10.0. The summed E-state index contributed by atoms with van der Waals surface area (Å²) in [7, 11) is 0. The van der Waals surface area contributed by atoms with Crippen LogP contribution in [0.3, 0.4) is 0 Å². The highest BCUT2D eigenvalue weighted by Gasteiger charge is 2.21. The highest BCUT2D eigenvalue weighted by atomic mass is 16.5. The van der Waals surface area contributed by atoms with Gasteiger partial charge in [-0.15, -0.1) is 0 Å². The minimum absolute atomic E-state index is 0.0590. The predicted molar refractivity (Wildman–Crippen MR) is 60.5 cm³/mol. The zero-order chi connectivity index (χ0) is 11.2. The summed E-state index contributed by atoms with van der Waals surface area (Å²) in [5, 5.41) is 10.0. The van der Waals surface area contributed by atoms with Crippen molar-refractivity contribution < 1.29 is 9.84 Å². The first-order chi connectivity index (χ1) is 6.33. The fraction of sp³-hybridized carbons (Fsp3) is 1.00. The van der Waals surface area contributed by atoms with E-state index in [1.54, 1.807) is 0 Å². The van der Waals surface area contributed by atoms with Gasteiger partial charge in [0.25, 0.3) is 0 Å². The molecule has 0 unspecified atom stereocenters. The van der Waals surface area contributed by atoms with E-state index in [2.05, 4.69) is 20.8 Å². The van der Waals surface area contributed by atoms with Crippen LogP contribution in [0.15, 0.2) is 0 Å². The van der Waals surface area contributed by atoms with Crippen molar-refractivity contribution in [2.45, 2.75) is 71.5 Å². The number of ether oxygens (including phenoxy) is 1. The first-order valence-electron chi connectivity index (χ1n) is 5.69. The molecule has 0 saturated heterocycles. The highest BCUT2D eigenvalue weighted by molar-refractivity contribution is 4.74. The molecule has 0 aromatic heterocycles. The van der Waals surface area contributed by atoms with Gasteiger partial charge in [0.15, 0.2) is 0 Å². The molecule has 2 nitrogen and oxygen atoms in total. The molecule has 0 aromatic rings. The number of aliphatic hydroxyl groups is 1. The maximum Gasteiger partial charge on any atom is 0.0643 e. The van der Waals surface area contributed by atoms with Gasteiger partial charge in [-0.1, -0.05) is 13.8 Å². The average Bonchev–Trinajstić information content (AvgIpc) is 2.11. The van der Waals surface area contributed by atoms with Crippen molar-refractivity contribution in [2.24, 2.45) is 0 Å². The summed E-state index contributed by atoms with van der Waals surface area (Å²) in [5.41, 5.74) is -0.530. The Kier molecular flexibility index (Phi) is 5.68. The Labute approximate surface area is 88.7 Å². The third-order valence-electron chi connectivity index (χ3n) is 2.64. The summed E-state index contributed by atoms with van der Waals surface area (Å²) < 4.78 is 5.60. The molecule has 0 fully saturated rings. The molecule has 86 valence electrons. The number of hydrogen-bond donors (Lipinski definition) is 1. The van der Waals surface area contributed by atoms with Gasteiger partial charge in [-0.25, -0.2) is 0 Å². The molecule has 0 aromatic carbocycles. The van der Waals surface area contributed by atoms with Crippen LogP contribution < -0.4 is 0 Å². The molecule has 2 heteroatoms. The lowest BCUT2D eigenvalue weighted by Gasteiger charge is -2.26. The summed E-state index contributed by atoms with van der Waals surface area (Å²) in [4.78, 5) is 0. The molecule has 1 N–H and O–H groups in total. The van der Waals surface area contributed by atoms with Crippen LogP contribution in [0.4, 0.5) is 0 Å². The topological polar surface area (TPSA) is 29.5 Å². The lowest BCUT2D eigenvalue weighted by atomic mass is 9.92. The molecule has 0 spiro atoms. The predicted octanol–water partition coefficient (Wildman–Crippen LogP) is 3.13. The molecule has 0 amide bonds. The van der Waals surface area contributed by atoms with E-state index in [-0.39, 0.29) is 5.60 Å². The van der Waals surface area contributed by atoms with Gasteiger partial charge in [-0.05, 0) is 46.5 Å². The van der Waals surface area contributed by atoms with Crippen LogP contribution >= 0.6 is 0 Å². The second-order valence-electron chi connectivity index (χ2n) is 5.00. The molecule has 0 heterocycles. The van der Waals surface area contributed by atoms with Gasteiger partial charge in [-0.3, -0.25) is 0 Å². The van der Waals surface area contributed by atoms with E-state index in [0.29, 0.717) is 0 Å². The highest BCUT2D eigenvalue weighted by Crippen LogP contribution is 2.21. The molecule has 14 heavy (non-hydrogen) atoms. The molecular formula is C12H26O2. The molecule has 0 radical (unpaired) electrons. The zero-order valence-electron chi connectivity index (χ0n) is 10.4. The van der Waals surface area contributed by atoms with Crippen LogP contribution in [-0.4, -0.2) is 22.9 Å². The molecule has 0 atom stereocenters. The van der Waals surface area contributed by atoms with Crippen LogP contribution in [0, 0.1) is 0 Å². The third kappa shape index (κ3) is 6.39. The van der Waals surface area contributed by atoms with Crippen molar-refractivity contribution in [1.29, 1.82) is 0 Å². The number of hydrogen-bond acceptors (Lipinski definition) is 2. The van der Waals surface area contributed by atoms with E-state index in [4.69, 9.17) is 4.74 Å². The molecule has 0 aliphatic rings. The van der Waals surface area contributed by atoms with Crippen molar-refractivity contribution in [3.63, 3.8) is 0 Å². The van der Waals surface area contributed by atoms with E-state index in [1.807, 2.05) is 13.8 Å².